The molecule has 0 aromatic carbocycles. The van der Waals surface area contributed by atoms with Gasteiger partial charge in [0.15, 0.2) is 0 Å². The van der Waals surface area contributed by atoms with Crippen molar-refractivity contribution in [1.82, 2.24) is 10.6 Å². The molecule has 2 aliphatic heterocycles. The van der Waals surface area contributed by atoms with Crippen molar-refractivity contribution in [3.05, 3.63) is 24.2 Å². The molecule has 2 aliphatic rings. The molecular formula is C15H22N2O4. The van der Waals surface area contributed by atoms with E-state index in [-0.39, 0.29) is 18.2 Å². The predicted molar refractivity (Wildman–Crippen MR) is 75.8 cm³/mol. The lowest BCUT2D eigenvalue weighted by atomic mass is 9.96. The van der Waals surface area contributed by atoms with Crippen LogP contribution in [-0.4, -0.2) is 37.4 Å². The maximum absolute atomic E-state index is 11.8. The Morgan fingerprint density at radius 3 is 3.10 bits per heavy atom. The lowest BCUT2D eigenvalue weighted by molar-refractivity contribution is 0.0977. The fourth-order valence-corrected chi connectivity index (χ4v) is 2.95. The summed E-state index contributed by atoms with van der Waals surface area (Å²) in [4.78, 5) is 11.8. The zero-order chi connectivity index (χ0) is 14.5. The Morgan fingerprint density at radius 1 is 1.43 bits per heavy atom. The van der Waals surface area contributed by atoms with Gasteiger partial charge in [-0.15, -0.1) is 0 Å². The van der Waals surface area contributed by atoms with Gasteiger partial charge in [0, 0.05) is 13.2 Å². The van der Waals surface area contributed by atoms with Crippen molar-refractivity contribution in [2.24, 2.45) is 0 Å². The molecule has 116 valence electrons. The van der Waals surface area contributed by atoms with Gasteiger partial charge in [0.2, 0.25) is 0 Å². The second-order valence-electron chi connectivity index (χ2n) is 5.60. The van der Waals surface area contributed by atoms with Gasteiger partial charge in [0.25, 0.3) is 0 Å². The number of carbonyl (C=O) groups excluding carboxylic acids is 1. The van der Waals surface area contributed by atoms with Gasteiger partial charge < -0.3 is 24.5 Å². The summed E-state index contributed by atoms with van der Waals surface area (Å²) in [7, 11) is 0. The van der Waals surface area contributed by atoms with Crippen LogP contribution in [-0.2, 0) is 16.1 Å². The zero-order valence-electron chi connectivity index (χ0n) is 12.0. The summed E-state index contributed by atoms with van der Waals surface area (Å²) in [5.74, 6) is 0.817. The molecule has 2 saturated heterocycles. The van der Waals surface area contributed by atoms with Crippen LogP contribution in [0.1, 0.15) is 31.4 Å². The highest BCUT2D eigenvalue weighted by Gasteiger charge is 2.41. The maximum atomic E-state index is 11.8. The fourth-order valence-electron chi connectivity index (χ4n) is 2.95. The molecule has 0 spiro atoms. The highest BCUT2D eigenvalue weighted by molar-refractivity contribution is 5.74. The molecule has 21 heavy (non-hydrogen) atoms. The lowest BCUT2D eigenvalue weighted by Crippen LogP contribution is -2.46. The summed E-state index contributed by atoms with van der Waals surface area (Å²) < 4.78 is 16.3. The Hall–Kier alpha value is -1.53. The first kappa shape index (κ1) is 14.4. The molecule has 0 unspecified atom stereocenters. The van der Waals surface area contributed by atoms with Gasteiger partial charge in [-0.1, -0.05) is 0 Å². The number of carbonyl (C=O) groups is 1. The van der Waals surface area contributed by atoms with Crippen LogP contribution < -0.4 is 10.6 Å². The highest BCUT2D eigenvalue weighted by atomic mass is 16.5. The van der Waals surface area contributed by atoms with E-state index in [4.69, 9.17) is 13.9 Å². The molecule has 1 aromatic heterocycles. The Bertz CT molecular complexity index is 449. The van der Waals surface area contributed by atoms with Crippen LogP contribution >= 0.6 is 0 Å². The normalized spacial score (nSPS) is 27.0. The number of nitrogens with one attached hydrogen (secondary N) is 2. The molecule has 1 aromatic rings. The first-order valence-corrected chi connectivity index (χ1v) is 7.61. The van der Waals surface area contributed by atoms with Crippen molar-refractivity contribution < 1.29 is 18.7 Å². The van der Waals surface area contributed by atoms with Crippen LogP contribution in [0.4, 0.5) is 4.79 Å². The van der Waals surface area contributed by atoms with E-state index in [1.165, 1.54) is 0 Å². The number of hydrogen-bond acceptors (Lipinski definition) is 4. The molecule has 2 N–H and O–H groups in total. The average molecular weight is 294 g/mol. The molecule has 2 bridgehead atoms. The Balaban J connectivity index is 1.22. The first-order valence-electron chi connectivity index (χ1n) is 7.61. The van der Waals surface area contributed by atoms with E-state index < -0.39 is 0 Å². The van der Waals surface area contributed by atoms with Crippen LogP contribution in [0.5, 0.6) is 0 Å². The van der Waals surface area contributed by atoms with Gasteiger partial charge >= 0.3 is 6.03 Å². The number of ether oxygens (including phenoxy) is 2. The second kappa shape index (κ2) is 6.95. The molecular weight excluding hydrogens is 272 g/mol. The Kier molecular flexibility index (Phi) is 4.77. The minimum atomic E-state index is -0.109. The second-order valence-corrected chi connectivity index (χ2v) is 5.60. The Morgan fingerprint density at radius 2 is 2.38 bits per heavy atom. The summed E-state index contributed by atoms with van der Waals surface area (Å²) in [5, 5.41) is 5.85. The van der Waals surface area contributed by atoms with Crippen molar-refractivity contribution in [3.8, 4) is 0 Å². The molecule has 0 radical (unpaired) electrons. The quantitative estimate of drug-likeness (QED) is 0.752. The number of furan rings is 1. The standard InChI is InChI=1S/C15H22N2O4/c18-15(17-13-9-11-4-5-14(13)21-11)16-6-2-7-19-10-12-3-1-8-20-12/h1,3,8,11,13-14H,2,4-7,9-10H2,(H2,16,17,18)/t11-,13+,14-/m1/s1. The third-order valence-corrected chi connectivity index (χ3v) is 4.00. The monoisotopic (exact) mass is 294 g/mol. The predicted octanol–water partition coefficient (Wildman–Crippen LogP) is 1.81. The van der Waals surface area contributed by atoms with Crippen molar-refractivity contribution in [2.75, 3.05) is 13.2 Å². The third-order valence-electron chi connectivity index (χ3n) is 4.00. The molecule has 0 aliphatic carbocycles. The van der Waals surface area contributed by atoms with Gasteiger partial charge in [-0.2, -0.15) is 0 Å². The van der Waals surface area contributed by atoms with Crippen LogP contribution in [0.3, 0.4) is 0 Å². The number of rotatable bonds is 7. The minimum absolute atomic E-state index is 0.109. The molecule has 2 fully saturated rings. The number of fused-ring (bicyclic) bond motifs is 2. The SMILES string of the molecule is O=C(NCCCOCc1ccco1)N[C@H]1C[C@H]2CC[C@H]1O2. The van der Waals surface area contributed by atoms with E-state index in [1.807, 2.05) is 12.1 Å². The molecule has 3 rings (SSSR count). The van der Waals surface area contributed by atoms with Crippen LogP contribution in [0.2, 0.25) is 0 Å². The van der Waals surface area contributed by atoms with Crippen molar-refractivity contribution in [1.29, 1.82) is 0 Å². The largest absolute Gasteiger partial charge is 0.467 e. The average Bonchev–Trinajstić information content (AvgIpc) is 3.19. The van der Waals surface area contributed by atoms with Crippen LogP contribution in [0.15, 0.2) is 22.8 Å². The molecule has 0 saturated carbocycles. The fraction of sp³-hybridized carbons (Fsp3) is 0.667. The van der Waals surface area contributed by atoms with Gasteiger partial charge in [0.1, 0.15) is 12.4 Å². The third kappa shape index (κ3) is 3.98. The Labute approximate surface area is 124 Å². The topological polar surface area (TPSA) is 72.7 Å². The van der Waals surface area contributed by atoms with Gasteiger partial charge in [-0.3, -0.25) is 0 Å². The molecule has 6 heteroatoms. The smallest absolute Gasteiger partial charge is 0.315 e. The van der Waals surface area contributed by atoms with E-state index >= 15 is 0 Å². The summed E-state index contributed by atoms with van der Waals surface area (Å²) in [6.07, 6.45) is 6.14. The summed E-state index contributed by atoms with van der Waals surface area (Å²) in [5.41, 5.74) is 0. The van der Waals surface area contributed by atoms with Crippen LogP contribution in [0.25, 0.3) is 0 Å². The van der Waals surface area contributed by atoms with Crippen LogP contribution in [0, 0.1) is 0 Å². The molecule has 3 atom stereocenters. The van der Waals surface area contributed by atoms with Crippen molar-refractivity contribution >= 4 is 6.03 Å². The molecule has 2 amide bonds. The van der Waals surface area contributed by atoms with E-state index in [2.05, 4.69) is 10.6 Å². The van der Waals surface area contributed by atoms with Gasteiger partial charge in [-0.25, -0.2) is 4.79 Å². The van der Waals surface area contributed by atoms with Gasteiger partial charge in [-0.05, 0) is 37.8 Å². The molecule has 6 nitrogen and oxygen atoms in total. The first-order chi connectivity index (χ1) is 10.3. The van der Waals surface area contributed by atoms with Gasteiger partial charge in [0.05, 0.1) is 24.5 Å². The number of amides is 2. The number of hydrogen-bond donors (Lipinski definition) is 2. The minimum Gasteiger partial charge on any atom is -0.467 e. The zero-order valence-corrected chi connectivity index (χ0v) is 12.0. The van der Waals surface area contributed by atoms with E-state index in [1.54, 1.807) is 6.26 Å². The summed E-state index contributed by atoms with van der Waals surface area (Å²) in [6, 6.07) is 3.79. The van der Waals surface area contributed by atoms with E-state index in [0.29, 0.717) is 25.9 Å². The number of urea groups is 1. The van der Waals surface area contributed by atoms with E-state index in [0.717, 1.165) is 31.4 Å². The lowest BCUT2D eigenvalue weighted by Gasteiger charge is -2.20. The maximum Gasteiger partial charge on any atom is 0.315 e. The molecule has 3 heterocycles. The highest BCUT2D eigenvalue weighted by Crippen LogP contribution is 2.34. The summed E-state index contributed by atoms with van der Waals surface area (Å²) in [6.45, 7) is 1.67. The summed E-state index contributed by atoms with van der Waals surface area (Å²) >= 11 is 0. The van der Waals surface area contributed by atoms with Crippen molar-refractivity contribution in [2.45, 2.75) is 50.5 Å². The van der Waals surface area contributed by atoms with E-state index in [9.17, 15) is 4.79 Å². The van der Waals surface area contributed by atoms with Crippen molar-refractivity contribution in [3.63, 3.8) is 0 Å².